The van der Waals surface area contributed by atoms with Gasteiger partial charge in [0, 0.05) is 37.5 Å². The van der Waals surface area contributed by atoms with Crippen molar-refractivity contribution in [2.75, 3.05) is 20.1 Å². The molecule has 0 aliphatic carbocycles. The molecular formula is C26H26N4O4S3. The smallest absolute Gasteiger partial charge is 0.265 e. The van der Waals surface area contributed by atoms with Crippen LogP contribution in [0.3, 0.4) is 0 Å². The summed E-state index contributed by atoms with van der Waals surface area (Å²) in [4.78, 5) is 14.8. The van der Waals surface area contributed by atoms with E-state index in [4.69, 9.17) is 22.1 Å². The third-order valence-electron chi connectivity index (χ3n) is 6.17. The van der Waals surface area contributed by atoms with Crippen molar-refractivity contribution in [2.24, 2.45) is 0 Å². The summed E-state index contributed by atoms with van der Waals surface area (Å²) in [5, 5.41) is 4.79. The summed E-state index contributed by atoms with van der Waals surface area (Å²) in [5.74, 6) is -0.180. The molecule has 2 aliphatic rings. The topological polar surface area (TPSA) is 84.7 Å². The van der Waals surface area contributed by atoms with E-state index >= 15 is 0 Å². The molecule has 37 heavy (non-hydrogen) atoms. The number of hydrogen-bond acceptors (Lipinski definition) is 7. The van der Waals surface area contributed by atoms with Gasteiger partial charge in [-0.15, -0.1) is 0 Å². The first kappa shape index (κ1) is 25.8. The summed E-state index contributed by atoms with van der Waals surface area (Å²) in [6, 6.07) is 16.4. The zero-order chi connectivity index (χ0) is 26.3. The van der Waals surface area contributed by atoms with Crippen molar-refractivity contribution >= 4 is 50.3 Å². The van der Waals surface area contributed by atoms with Gasteiger partial charge in [-0.05, 0) is 44.2 Å². The molecule has 2 saturated heterocycles. The van der Waals surface area contributed by atoms with E-state index in [0.29, 0.717) is 39.1 Å². The third-order valence-corrected chi connectivity index (χ3v) is 9.48. The molecule has 0 radical (unpaired) electrons. The maximum atomic E-state index is 13.5. The first-order valence-electron chi connectivity index (χ1n) is 11.8. The molecule has 5 rings (SSSR count). The Morgan fingerprint density at radius 3 is 2.43 bits per heavy atom. The van der Waals surface area contributed by atoms with Crippen LogP contribution in [0.4, 0.5) is 0 Å². The van der Waals surface area contributed by atoms with Crippen LogP contribution in [-0.2, 0) is 19.6 Å². The number of rotatable bonds is 5. The summed E-state index contributed by atoms with van der Waals surface area (Å²) < 4.78 is 36.5. The number of amides is 1. The molecule has 2 aromatic carbocycles. The lowest BCUT2D eigenvalue weighted by atomic mass is 10.1. The average molecular weight is 555 g/mol. The van der Waals surface area contributed by atoms with Crippen LogP contribution in [0.25, 0.3) is 23.0 Å². The van der Waals surface area contributed by atoms with E-state index in [1.54, 1.807) is 36.0 Å². The lowest BCUT2D eigenvalue weighted by Gasteiger charge is -2.34. The van der Waals surface area contributed by atoms with Crippen molar-refractivity contribution in [2.45, 2.75) is 31.0 Å². The summed E-state index contributed by atoms with van der Waals surface area (Å²) in [6.45, 7) is 4.33. The van der Waals surface area contributed by atoms with Crippen LogP contribution in [0.15, 0.2) is 70.6 Å². The number of sulfonamides is 1. The first-order valence-corrected chi connectivity index (χ1v) is 14.4. The number of likely N-dealkylation sites (N-methyl/N-ethyl adjacent to an activating group) is 1. The SMILES string of the molecule is CC1CN(S(=O)(=O)c2cccc(-c3nn(-c4ccccc4)cc3C=C3SC(=S)N(C)C3=O)c2)CC(C)O1. The molecule has 192 valence electrons. The van der Waals surface area contributed by atoms with Crippen molar-refractivity contribution in [3.05, 3.63) is 71.3 Å². The lowest BCUT2D eigenvalue weighted by Crippen LogP contribution is -2.48. The molecule has 2 unspecified atom stereocenters. The molecule has 3 heterocycles. The van der Waals surface area contributed by atoms with Gasteiger partial charge >= 0.3 is 0 Å². The van der Waals surface area contributed by atoms with Crippen LogP contribution in [0.5, 0.6) is 0 Å². The Labute approximate surface area is 226 Å². The standard InChI is InChI=1S/C26H26N4O4S3/c1-17-14-29(15-18(2)34-17)37(32,33)22-11-7-8-19(12-22)24-20(13-23-25(31)28(3)26(35)36-23)16-30(27-24)21-9-5-4-6-10-21/h4-13,16-18H,14-15H2,1-3H3. The Kier molecular flexibility index (Phi) is 7.08. The molecule has 2 atom stereocenters. The van der Waals surface area contributed by atoms with Gasteiger partial charge in [0.15, 0.2) is 0 Å². The fourth-order valence-electron chi connectivity index (χ4n) is 4.40. The van der Waals surface area contributed by atoms with Gasteiger partial charge in [0.05, 0.1) is 27.7 Å². The normalized spacial score (nSPS) is 22.2. The number of benzene rings is 2. The summed E-state index contributed by atoms with van der Waals surface area (Å²) in [5.41, 5.74) is 2.71. The van der Waals surface area contributed by atoms with Crippen LogP contribution < -0.4 is 0 Å². The van der Waals surface area contributed by atoms with E-state index < -0.39 is 10.0 Å². The number of nitrogens with zero attached hydrogens (tertiary/aromatic N) is 4. The molecule has 2 aliphatic heterocycles. The summed E-state index contributed by atoms with van der Waals surface area (Å²) in [6.07, 6.45) is 3.22. The van der Waals surface area contributed by atoms with Gasteiger partial charge in [0.1, 0.15) is 10.0 Å². The van der Waals surface area contributed by atoms with Crippen molar-refractivity contribution < 1.29 is 17.9 Å². The zero-order valence-electron chi connectivity index (χ0n) is 20.6. The van der Waals surface area contributed by atoms with Crippen molar-refractivity contribution in [1.29, 1.82) is 0 Å². The molecule has 8 nitrogen and oxygen atoms in total. The minimum Gasteiger partial charge on any atom is -0.373 e. The van der Waals surface area contributed by atoms with Gasteiger partial charge in [0.2, 0.25) is 10.0 Å². The Morgan fingerprint density at radius 2 is 1.78 bits per heavy atom. The van der Waals surface area contributed by atoms with Crippen molar-refractivity contribution in [3.63, 3.8) is 0 Å². The summed E-state index contributed by atoms with van der Waals surface area (Å²) in [7, 11) is -2.09. The van der Waals surface area contributed by atoms with Crippen molar-refractivity contribution in [1.82, 2.24) is 19.0 Å². The fraction of sp³-hybridized carbons (Fsp3) is 0.269. The number of morpholine rings is 1. The second-order valence-corrected chi connectivity index (χ2v) is 12.7. The van der Waals surface area contributed by atoms with E-state index in [9.17, 15) is 13.2 Å². The fourth-order valence-corrected chi connectivity index (χ4v) is 7.20. The highest BCUT2D eigenvalue weighted by Gasteiger charge is 2.33. The van der Waals surface area contributed by atoms with Gasteiger partial charge in [0.25, 0.3) is 5.91 Å². The van der Waals surface area contributed by atoms with Gasteiger partial charge in [-0.3, -0.25) is 9.69 Å². The minimum atomic E-state index is -3.74. The largest absolute Gasteiger partial charge is 0.373 e. The van der Waals surface area contributed by atoms with Crippen LogP contribution in [-0.4, -0.2) is 70.0 Å². The second-order valence-electron chi connectivity index (χ2n) is 9.06. The molecule has 0 bridgehead atoms. The number of hydrogen-bond donors (Lipinski definition) is 0. The van der Waals surface area contributed by atoms with Crippen LogP contribution in [0.1, 0.15) is 19.4 Å². The van der Waals surface area contributed by atoms with Crippen molar-refractivity contribution in [3.8, 4) is 16.9 Å². The number of aromatic nitrogens is 2. The maximum Gasteiger partial charge on any atom is 0.265 e. The van der Waals surface area contributed by atoms with Crippen LogP contribution in [0.2, 0.25) is 0 Å². The predicted octanol–water partition coefficient (Wildman–Crippen LogP) is 4.17. The number of thiocarbonyl (C=S) groups is 1. The average Bonchev–Trinajstić information content (AvgIpc) is 3.41. The Hall–Kier alpha value is -2.83. The third kappa shape index (κ3) is 5.14. The monoisotopic (exact) mass is 554 g/mol. The van der Waals surface area contributed by atoms with Gasteiger partial charge < -0.3 is 4.74 Å². The number of thioether (sulfide) groups is 1. The van der Waals surface area contributed by atoms with E-state index in [-0.39, 0.29) is 23.0 Å². The summed E-state index contributed by atoms with van der Waals surface area (Å²) >= 11 is 6.51. The highest BCUT2D eigenvalue weighted by atomic mass is 32.2. The minimum absolute atomic E-state index is 0.180. The van der Waals surface area contributed by atoms with Gasteiger partial charge in [-0.25, -0.2) is 13.1 Å². The molecule has 3 aromatic rings. The quantitative estimate of drug-likeness (QED) is 0.346. The van der Waals surface area contributed by atoms with E-state index in [1.165, 1.54) is 21.0 Å². The number of carbonyl (C=O) groups excluding carboxylic acids is 1. The highest BCUT2D eigenvalue weighted by molar-refractivity contribution is 8.26. The Bertz CT molecular complexity index is 1490. The van der Waals surface area contributed by atoms with Gasteiger partial charge in [-0.1, -0.05) is 54.3 Å². The lowest BCUT2D eigenvalue weighted by molar-refractivity contribution is -0.121. The number of para-hydroxylation sites is 1. The molecular weight excluding hydrogens is 529 g/mol. The number of carbonyl (C=O) groups is 1. The van der Waals surface area contributed by atoms with Gasteiger partial charge in [-0.2, -0.15) is 9.40 Å². The molecule has 0 spiro atoms. The molecule has 0 saturated carbocycles. The predicted molar refractivity (Wildman–Crippen MR) is 149 cm³/mol. The molecule has 0 N–H and O–H groups in total. The van der Waals surface area contributed by atoms with E-state index in [2.05, 4.69) is 0 Å². The molecule has 1 amide bonds. The van der Waals surface area contributed by atoms with Crippen LogP contribution in [0, 0.1) is 0 Å². The highest BCUT2D eigenvalue weighted by Crippen LogP contribution is 2.35. The molecule has 11 heteroatoms. The van der Waals surface area contributed by atoms with Crippen LogP contribution >= 0.6 is 24.0 Å². The second kappa shape index (κ2) is 10.1. The van der Waals surface area contributed by atoms with E-state index in [0.717, 1.165) is 5.69 Å². The zero-order valence-corrected chi connectivity index (χ0v) is 23.0. The maximum absolute atomic E-state index is 13.5. The molecule has 2 fully saturated rings. The Balaban J connectivity index is 1.59. The van der Waals surface area contributed by atoms with E-state index in [1.807, 2.05) is 56.4 Å². The Morgan fingerprint density at radius 1 is 1.08 bits per heavy atom. The first-order chi connectivity index (χ1) is 17.6. The number of ether oxygens (including phenoxy) is 1. The molecule has 1 aromatic heterocycles.